The zero-order chi connectivity index (χ0) is 19.6. The van der Waals surface area contributed by atoms with E-state index in [-0.39, 0.29) is 29.5 Å². The van der Waals surface area contributed by atoms with Crippen LogP contribution in [0.3, 0.4) is 0 Å². The molecule has 3 N–H and O–H groups in total. The summed E-state index contributed by atoms with van der Waals surface area (Å²) >= 11 is 5.91. The van der Waals surface area contributed by atoms with Gasteiger partial charge in [-0.25, -0.2) is 9.78 Å². The molecule has 0 saturated carbocycles. The van der Waals surface area contributed by atoms with Gasteiger partial charge in [-0.15, -0.1) is 0 Å². The zero-order valence-corrected chi connectivity index (χ0v) is 16.3. The lowest BCUT2D eigenvalue weighted by Gasteiger charge is -2.29. The third kappa shape index (κ3) is 4.91. The first-order valence-corrected chi connectivity index (χ1v) is 8.73. The van der Waals surface area contributed by atoms with Gasteiger partial charge in [0.25, 0.3) is 0 Å². The molecule has 0 radical (unpaired) electrons. The number of aliphatic hydroxyl groups excluding tert-OH is 1. The van der Waals surface area contributed by atoms with Crippen molar-refractivity contribution in [3.8, 4) is 0 Å². The number of ether oxygens (including phenoxy) is 1. The molecule has 0 fully saturated rings. The summed E-state index contributed by atoms with van der Waals surface area (Å²) in [5.41, 5.74) is 0.00443. The minimum absolute atomic E-state index is 0.0420. The number of hydrogen-bond acceptors (Lipinski definition) is 6. The van der Waals surface area contributed by atoms with Gasteiger partial charge < -0.3 is 19.5 Å². The average molecular weight is 385 g/mol. The van der Waals surface area contributed by atoms with Gasteiger partial charge in [0, 0.05) is 18.1 Å². The van der Waals surface area contributed by atoms with Crippen LogP contribution in [0.15, 0.2) is 12.3 Å². The molecule has 0 aromatic carbocycles. The van der Waals surface area contributed by atoms with Crippen LogP contribution < -0.4 is 5.32 Å². The number of hydrogen-bond donors (Lipinski definition) is 3. The maximum atomic E-state index is 11.7. The molecule has 2 heterocycles. The Morgan fingerprint density at radius 3 is 2.62 bits per heavy atom. The highest BCUT2D eigenvalue weighted by Crippen LogP contribution is 2.27. The molecule has 0 aliphatic rings. The zero-order valence-electron chi connectivity index (χ0n) is 15.5. The van der Waals surface area contributed by atoms with E-state index < -0.39 is 18.0 Å². The molecule has 0 saturated heterocycles. The van der Waals surface area contributed by atoms with Crippen molar-refractivity contribution in [1.29, 1.82) is 0 Å². The number of aromatic nitrogens is 3. The predicted octanol–water partition coefficient (Wildman–Crippen LogP) is 2.66. The smallest absolute Gasteiger partial charge is 0.352 e. The Hall–Kier alpha value is -1.74. The van der Waals surface area contributed by atoms with Crippen molar-refractivity contribution >= 4 is 28.6 Å². The van der Waals surface area contributed by atoms with E-state index in [4.69, 9.17) is 16.3 Å². The van der Waals surface area contributed by atoms with Gasteiger partial charge in [0.2, 0.25) is 11.7 Å². The van der Waals surface area contributed by atoms with Gasteiger partial charge in [-0.05, 0) is 44.4 Å². The molecular weight excluding hydrogens is 360 g/mol. The molecule has 0 aliphatic heterocycles. The molecular formula is C17H25ClN4O4. The number of carboxylic acids is 1. The topological polar surface area (TPSA) is 110 Å². The number of fused-ring (bicyclic) bond motifs is 1. The highest BCUT2D eigenvalue weighted by Gasteiger charge is 2.26. The summed E-state index contributed by atoms with van der Waals surface area (Å²) in [4.78, 5) is 19.8. The van der Waals surface area contributed by atoms with Gasteiger partial charge in [-0.1, -0.05) is 13.8 Å². The maximum absolute atomic E-state index is 11.7. The fraction of sp³-hybridized carbons (Fsp3) is 0.588. The lowest BCUT2D eigenvalue weighted by molar-refractivity contribution is -0.182. The molecule has 0 spiro atoms. The normalized spacial score (nSPS) is 14.8. The Balaban J connectivity index is 2.38. The molecule has 0 bridgehead atoms. The van der Waals surface area contributed by atoms with Crippen molar-refractivity contribution in [2.75, 3.05) is 6.54 Å². The van der Waals surface area contributed by atoms with Gasteiger partial charge >= 0.3 is 5.97 Å². The van der Waals surface area contributed by atoms with Crippen LogP contribution in [0.4, 0.5) is 0 Å². The summed E-state index contributed by atoms with van der Waals surface area (Å²) < 4.78 is 7.06. The summed E-state index contributed by atoms with van der Waals surface area (Å²) in [5.74, 6) is -1.02. The molecule has 2 aromatic rings. The molecule has 2 unspecified atom stereocenters. The van der Waals surface area contributed by atoms with Crippen LogP contribution in [0.25, 0.3) is 11.0 Å². The largest absolute Gasteiger partial charge is 0.477 e. The molecule has 144 valence electrons. The van der Waals surface area contributed by atoms with E-state index in [1.807, 2.05) is 34.6 Å². The summed E-state index contributed by atoms with van der Waals surface area (Å²) in [5, 5.41) is 23.2. The lowest BCUT2D eigenvalue weighted by atomic mass is 10.0. The van der Waals surface area contributed by atoms with Gasteiger partial charge in [0.1, 0.15) is 11.3 Å². The van der Waals surface area contributed by atoms with E-state index in [1.54, 1.807) is 4.57 Å². The molecule has 0 amide bonds. The highest BCUT2D eigenvalue weighted by molar-refractivity contribution is 6.28. The van der Waals surface area contributed by atoms with Crippen molar-refractivity contribution in [1.82, 2.24) is 19.9 Å². The number of rotatable bonds is 7. The second kappa shape index (κ2) is 7.87. The van der Waals surface area contributed by atoms with Crippen molar-refractivity contribution in [3.05, 3.63) is 23.2 Å². The van der Waals surface area contributed by atoms with Crippen LogP contribution in [0, 0.1) is 5.92 Å². The standard InChI is InChI=1S/C17H25ClN4O4/c1-9(2)12(8-20-16(25)26-17(3,4)5)22-11(14(23)24)6-10-7-19-15(18)21-13(10)22/h6-7,9,12,16,20,25H,8H2,1-5H3,(H,23,24). The first-order valence-electron chi connectivity index (χ1n) is 8.35. The van der Waals surface area contributed by atoms with Crippen molar-refractivity contribution in [3.63, 3.8) is 0 Å². The van der Waals surface area contributed by atoms with Crippen LogP contribution in [0.5, 0.6) is 0 Å². The average Bonchev–Trinajstić information content (AvgIpc) is 2.84. The van der Waals surface area contributed by atoms with E-state index >= 15 is 0 Å². The molecule has 2 atom stereocenters. The second-order valence-corrected chi connectivity index (χ2v) is 7.76. The summed E-state index contributed by atoms with van der Waals surface area (Å²) in [6, 6.07) is 1.22. The molecule has 26 heavy (non-hydrogen) atoms. The van der Waals surface area contributed by atoms with E-state index in [9.17, 15) is 15.0 Å². The Labute approximate surface area is 157 Å². The van der Waals surface area contributed by atoms with Crippen LogP contribution in [0.2, 0.25) is 5.28 Å². The quantitative estimate of drug-likeness (QED) is 0.497. The maximum Gasteiger partial charge on any atom is 0.352 e. The van der Waals surface area contributed by atoms with Gasteiger partial charge in [-0.3, -0.25) is 5.32 Å². The number of nitrogens with one attached hydrogen (secondary N) is 1. The summed E-state index contributed by atoms with van der Waals surface area (Å²) in [6.45, 7) is 9.70. The third-order valence-electron chi connectivity index (χ3n) is 3.83. The van der Waals surface area contributed by atoms with Crippen molar-refractivity contribution in [2.24, 2.45) is 5.92 Å². The summed E-state index contributed by atoms with van der Waals surface area (Å²) in [6.07, 6.45) is 0.320. The van der Waals surface area contributed by atoms with Gasteiger partial charge in [0.05, 0.1) is 11.6 Å². The van der Waals surface area contributed by atoms with Crippen LogP contribution in [-0.2, 0) is 4.74 Å². The highest BCUT2D eigenvalue weighted by atomic mass is 35.5. The monoisotopic (exact) mass is 384 g/mol. The van der Waals surface area contributed by atoms with E-state index in [2.05, 4.69) is 15.3 Å². The molecule has 0 aliphatic carbocycles. The predicted molar refractivity (Wildman–Crippen MR) is 98.2 cm³/mol. The Bertz CT molecular complexity index is 785. The van der Waals surface area contributed by atoms with E-state index in [0.717, 1.165) is 0 Å². The van der Waals surface area contributed by atoms with E-state index in [0.29, 0.717) is 11.0 Å². The summed E-state index contributed by atoms with van der Waals surface area (Å²) in [7, 11) is 0. The molecule has 2 aromatic heterocycles. The molecule has 2 rings (SSSR count). The van der Waals surface area contributed by atoms with Crippen molar-refractivity contribution in [2.45, 2.75) is 52.7 Å². The van der Waals surface area contributed by atoms with Crippen molar-refractivity contribution < 1.29 is 19.7 Å². The molecule has 8 nitrogen and oxygen atoms in total. The van der Waals surface area contributed by atoms with Crippen LogP contribution in [0.1, 0.15) is 51.1 Å². The Morgan fingerprint density at radius 1 is 1.42 bits per heavy atom. The number of halogens is 1. The molecule has 9 heteroatoms. The third-order valence-corrected chi connectivity index (χ3v) is 4.02. The SMILES string of the molecule is CC(C)C(CNC(O)OC(C)(C)C)n1c(C(=O)O)cc2cnc(Cl)nc21. The Kier molecular flexibility index (Phi) is 6.23. The van der Waals surface area contributed by atoms with Gasteiger partial charge in [0.15, 0.2) is 0 Å². The van der Waals surface area contributed by atoms with Crippen LogP contribution in [-0.4, -0.2) is 49.3 Å². The van der Waals surface area contributed by atoms with Gasteiger partial charge in [-0.2, -0.15) is 4.98 Å². The fourth-order valence-electron chi connectivity index (χ4n) is 2.71. The minimum atomic E-state index is -1.18. The first-order chi connectivity index (χ1) is 12.0. The number of nitrogens with zero attached hydrogens (tertiary/aromatic N) is 3. The minimum Gasteiger partial charge on any atom is -0.477 e. The number of carboxylic acid groups (broad SMARTS) is 1. The second-order valence-electron chi connectivity index (χ2n) is 7.42. The first kappa shape index (κ1) is 20.6. The number of carbonyl (C=O) groups is 1. The van der Waals surface area contributed by atoms with E-state index in [1.165, 1.54) is 12.3 Å². The Morgan fingerprint density at radius 2 is 2.08 bits per heavy atom. The number of aromatic carboxylic acids is 1. The fourth-order valence-corrected chi connectivity index (χ4v) is 2.84. The van der Waals surface area contributed by atoms with Crippen LogP contribution >= 0.6 is 11.6 Å². The lowest BCUT2D eigenvalue weighted by Crippen LogP contribution is -2.41. The number of aliphatic hydroxyl groups is 1.